The van der Waals surface area contributed by atoms with Crippen molar-refractivity contribution in [2.75, 3.05) is 32.9 Å². The van der Waals surface area contributed by atoms with Crippen LogP contribution in [0.5, 0.6) is 28.7 Å². The number of carbonyl (C=O) groups is 1. The molecule has 11 heteroatoms. The molecule has 1 aliphatic carbocycles. The Hall–Kier alpha value is -4.67. The van der Waals surface area contributed by atoms with Crippen LogP contribution in [0.1, 0.15) is 28.7 Å². The third-order valence-corrected chi connectivity index (χ3v) is 7.45. The molecule has 0 bridgehead atoms. The molecule has 2 N–H and O–H groups in total. The minimum absolute atomic E-state index is 0.0181. The van der Waals surface area contributed by atoms with Crippen molar-refractivity contribution < 1.29 is 38.5 Å². The highest BCUT2D eigenvalue weighted by molar-refractivity contribution is 5.79. The van der Waals surface area contributed by atoms with Gasteiger partial charge in [-0.25, -0.2) is 0 Å². The number of non-ortho nitro benzene ring substituents is 1. The maximum Gasteiger partial charge on any atom is 0.310 e. The minimum atomic E-state index is -0.572. The zero-order chi connectivity index (χ0) is 26.6. The summed E-state index contributed by atoms with van der Waals surface area (Å²) in [5, 5.41) is 25.1. The molecule has 196 valence electrons. The Morgan fingerprint density at radius 3 is 2.21 bits per heavy atom. The summed E-state index contributed by atoms with van der Waals surface area (Å²) in [6.07, 6.45) is 0. The van der Waals surface area contributed by atoms with Gasteiger partial charge in [-0.2, -0.15) is 0 Å². The van der Waals surface area contributed by atoms with Gasteiger partial charge < -0.3 is 34.1 Å². The third-order valence-electron chi connectivity index (χ3n) is 7.45. The number of hydrogen-bond acceptors (Lipinski definition) is 10. The number of fused-ring (bicyclic) bond motifs is 3. The van der Waals surface area contributed by atoms with E-state index in [9.17, 15) is 20.0 Å². The first-order chi connectivity index (χ1) is 18.4. The van der Waals surface area contributed by atoms with E-state index in [4.69, 9.17) is 23.7 Å². The van der Waals surface area contributed by atoms with Crippen molar-refractivity contribution in [1.29, 1.82) is 0 Å². The van der Waals surface area contributed by atoms with Crippen LogP contribution in [-0.2, 0) is 9.53 Å². The summed E-state index contributed by atoms with van der Waals surface area (Å²) >= 11 is 0. The van der Waals surface area contributed by atoms with E-state index < -0.39 is 16.8 Å². The average Bonchev–Trinajstić information content (AvgIpc) is 3.54. The third kappa shape index (κ3) is 3.69. The van der Waals surface area contributed by atoms with E-state index in [0.29, 0.717) is 22.7 Å². The summed E-state index contributed by atoms with van der Waals surface area (Å²) in [5.41, 5.74) is 3.05. The molecule has 1 fully saturated rings. The number of benzene rings is 3. The summed E-state index contributed by atoms with van der Waals surface area (Å²) in [5.74, 6) is -0.204. The van der Waals surface area contributed by atoms with Gasteiger partial charge >= 0.3 is 5.97 Å². The predicted molar refractivity (Wildman–Crippen MR) is 133 cm³/mol. The lowest BCUT2D eigenvalue weighted by Gasteiger charge is -2.40. The zero-order valence-corrected chi connectivity index (χ0v) is 20.5. The van der Waals surface area contributed by atoms with Crippen molar-refractivity contribution in [3.63, 3.8) is 0 Å². The van der Waals surface area contributed by atoms with E-state index >= 15 is 0 Å². The van der Waals surface area contributed by atoms with Crippen molar-refractivity contribution >= 4 is 17.3 Å². The monoisotopic (exact) mass is 520 g/mol. The van der Waals surface area contributed by atoms with E-state index in [1.807, 2.05) is 12.1 Å². The molecule has 4 atom stereocenters. The molecule has 0 saturated carbocycles. The number of cyclic esters (lactones) is 1. The van der Waals surface area contributed by atoms with Crippen molar-refractivity contribution in [1.82, 2.24) is 0 Å². The Labute approximate surface area is 217 Å². The Balaban J connectivity index is 1.51. The first kappa shape index (κ1) is 23.7. The number of esters is 1. The molecular weight excluding hydrogens is 496 g/mol. The van der Waals surface area contributed by atoms with Crippen LogP contribution in [0.2, 0.25) is 0 Å². The smallest absolute Gasteiger partial charge is 0.310 e. The van der Waals surface area contributed by atoms with Gasteiger partial charge in [-0.15, -0.1) is 0 Å². The topological polar surface area (TPSA) is 139 Å². The number of hydrogen-bond donors (Lipinski definition) is 2. The second-order valence-corrected chi connectivity index (χ2v) is 9.33. The van der Waals surface area contributed by atoms with Crippen LogP contribution in [0.25, 0.3) is 0 Å². The van der Waals surface area contributed by atoms with Gasteiger partial charge in [0.15, 0.2) is 23.0 Å². The molecule has 11 nitrogen and oxygen atoms in total. The first-order valence-corrected chi connectivity index (χ1v) is 12.0. The minimum Gasteiger partial charge on any atom is -0.502 e. The van der Waals surface area contributed by atoms with Crippen molar-refractivity contribution in [2.45, 2.75) is 12.0 Å². The molecule has 6 rings (SSSR count). The van der Waals surface area contributed by atoms with Crippen molar-refractivity contribution in [3.05, 3.63) is 75.3 Å². The number of carbonyl (C=O) groups excluding carboxylic acids is 1. The molecule has 3 aromatic carbocycles. The highest BCUT2D eigenvalue weighted by atomic mass is 16.7. The fraction of sp³-hybridized carbons (Fsp3) is 0.296. The SMILES string of the molecule is COc1cc([C@H]2c3cc4c(cc3[C@@H](Nc3ccc([N+](=O)[O-])cc3)C3COC(=O)[C@@H]32)OCO4)cc(OC)c1O. The number of aromatic hydroxyl groups is 1. The molecule has 0 spiro atoms. The summed E-state index contributed by atoms with van der Waals surface area (Å²) in [7, 11) is 2.89. The number of anilines is 1. The molecule has 2 aliphatic heterocycles. The quantitative estimate of drug-likeness (QED) is 0.277. The van der Waals surface area contributed by atoms with Crippen molar-refractivity contribution in [3.8, 4) is 28.7 Å². The van der Waals surface area contributed by atoms with Gasteiger partial charge in [0.2, 0.25) is 12.5 Å². The lowest BCUT2D eigenvalue weighted by atomic mass is 9.65. The summed E-state index contributed by atoms with van der Waals surface area (Å²) in [6, 6.07) is 12.9. The first-order valence-electron chi connectivity index (χ1n) is 12.0. The second-order valence-electron chi connectivity index (χ2n) is 9.33. The van der Waals surface area contributed by atoms with E-state index in [2.05, 4.69) is 5.32 Å². The number of phenols is 1. The number of ether oxygens (including phenoxy) is 5. The maximum absolute atomic E-state index is 13.2. The van der Waals surface area contributed by atoms with Gasteiger partial charge in [0.05, 0.1) is 37.7 Å². The van der Waals surface area contributed by atoms with Gasteiger partial charge in [0, 0.05) is 29.7 Å². The lowest BCUT2D eigenvalue weighted by Crippen LogP contribution is -2.37. The normalized spacial score (nSPS) is 22.7. The van der Waals surface area contributed by atoms with E-state index in [-0.39, 0.29) is 54.3 Å². The standard InChI is InChI=1S/C27H24N2O9/c1-34-21-7-13(8-22(35-2)26(21)30)23-16-9-19-20(38-12-37-19)10-17(16)25(18-11-36-27(31)24(18)23)28-14-3-5-15(6-4-14)29(32)33/h3-10,18,23-25,28,30H,11-12H2,1-2H3/t18?,23-,24-,25+/m0/s1. The Kier molecular flexibility index (Phi) is 5.63. The van der Waals surface area contributed by atoms with Crippen LogP contribution in [0.4, 0.5) is 11.4 Å². The Morgan fingerprint density at radius 1 is 0.974 bits per heavy atom. The van der Waals surface area contributed by atoms with Gasteiger partial charge in [-0.05, 0) is 53.1 Å². The second kappa shape index (κ2) is 9.02. The van der Waals surface area contributed by atoms with Crippen LogP contribution in [-0.4, -0.2) is 43.6 Å². The molecule has 0 aromatic heterocycles. The highest BCUT2D eigenvalue weighted by Gasteiger charge is 2.52. The van der Waals surface area contributed by atoms with Crippen LogP contribution in [0, 0.1) is 22.0 Å². The number of rotatable bonds is 6. The molecule has 38 heavy (non-hydrogen) atoms. The fourth-order valence-corrected chi connectivity index (χ4v) is 5.70. The molecule has 3 aliphatic rings. The molecule has 1 unspecified atom stereocenters. The van der Waals surface area contributed by atoms with Crippen LogP contribution in [0.3, 0.4) is 0 Å². The van der Waals surface area contributed by atoms with Gasteiger partial charge in [0.1, 0.15) is 0 Å². The molecule has 0 radical (unpaired) electrons. The largest absolute Gasteiger partial charge is 0.502 e. The Bertz CT molecular complexity index is 1410. The molecule has 3 aromatic rings. The van der Waals surface area contributed by atoms with Gasteiger partial charge in [-0.3, -0.25) is 14.9 Å². The lowest BCUT2D eigenvalue weighted by molar-refractivity contribution is -0.384. The molecule has 2 heterocycles. The zero-order valence-electron chi connectivity index (χ0n) is 20.5. The van der Waals surface area contributed by atoms with E-state index in [1.54, 1.807) is 24.3 Å². The fourth-order valence-electron chi connectivity index (χ4n) is 5.70. The number of nitrogens with zero attached hydrogens (tertiary/aromatic N) is 1. The summed E-state index contributed by atoms with van der Waals surface area (Å²) in [4.78, 5) is 23.9. The number of phenolic OH excluding ortho intramolecular Hbond substituents is 1. The Morgan fingerprint density at radius 2 is 1.61 bits per heavy atom. The van der Waals surface area contributed by atoms with Gasteiger partial charge in [-0.1, -0.05) is 0 Å². The van der Waals surface area contributed by atoms with Crippen LogP contribution >= 0.6 is 0 Å². The molecule has 0 amide bonds. The van der Waals surface area contributed by atoms with Crippen LogP contribution in [0.15, 0.2) is 48.5 Å². The number of nitro groups is 1. The molecular formula is C27H24N2O9. The number of nitro benzene ring substituents is 1. The molecule has 1 saturated heterocycles. The van der Waals surface area contributed by atoms with Gasteiger partial charge in [0.25, 0.3) is 5.69 Å². The summed E-state index contributed by atoms with van der Waals surface area (Å²) in [6.45, 7) is 0.268. The average molecular weight is 520 g/mol. The van der Waals surface area contributed by atoms with Crippen molar-refractivity contribution in [2.24, 2.45) is 11.8 Å². The highest BCUT2D eigenvalue weighted by Crippen LogP contribution is 2.56. The number of methoxy groups -OCH3 is 2. The van der Waals surface area contributed by atoms with E-state index in [1.165, 1.54) is 26.4 Å². The maximum atomic E-state index is 13.2. The number of nitrogens with one attached hydrogen (secondary N) is 1. The predicted octanol–water partition coefficient (Wildman–Crippen LogP) is 4.13. The van der Waals surface area contributed by atoms with E-state index in [0.717, 1.165) is 11.1 Å². The van der Waals surface area contributed by atoms with Crippen LogP contribution < -0.4 is 24.3 Å². The summed E-state index contributed by atoms with van der Waals surface area (Å²) < 4.78 is 27.7.